The molecule has 4 atom stereocenters. The fraction of sp³-hybridized carbons (Fsp3) is 0.667. The summed E-state index contributed by atoms with van der Waals surface area (Å²) in [5, 5.41) is 7.58. The van der Waals surface area contributed by atoms with Crippen molar-refractivity contribution in [3.05, 3.63) is 53.9 Å². The third-order valence-corrected chi connectivity index (χ3v) is 12.4. The van der Waals surface area contributed by atoms with Crippen LogP contribution in [0.2, 0.25) is 0 Å². The monoisotopic (exact) mass is 701 g/mol. The van der Waals surface area contributed by atoms with E-state index >= 15 is 0 Å². The van der Waals surface area contributed by atoms with Crippen LogP contribution in [0, 0.1) is 34.5 Å². The summed E-state index contributed by atoms with van der Waals surface area (Å²) in [6.07, 6.45) is 9.55. The Labute approximate surface area is 301 Å². The summed E-state index contributed by atoms with van der Waals surface area (Å²) in [5.41, 5.74) is 6.79. The van der Waals surface area contributed by atoms with Gasteiger partial charge in [0.15, 0.2) is 0 Å². The highest BCUT2D eigenvalue weighted by Gasteiger charge is 2.62. The lowest BCUT2D eigenvalue weighted by atomic mass is 9.70. The number of hydrogen-bond acceptors (Lipinski definition) is 7. The number of carbonyl (C=O) groups excluding carboxylic acids is 4. The van der Waals surface area contributed by atoms with E-state index in [2.05, 4.69) is 24.3 Å². The molecule has 0 unspecified atom stereocenters. The first kappa shape index (κ1) is 35.6. The van der Waals surface area contributed by atoms with E-state index in [0.29, 0.717) is 63.9 Å². The van der Waals surface area contributed by atoms with Crippen LogP contribution in [0.3, 0.4) is 0 Å². The summed E-state index contributed by atoms with van der Waals surface area (Å²) < 4.78 is 8.09. The molecule has 4 amide bonds. The Balaban J connectivity index is 1.08. The SMILES string of the molecule is C[C@@H](OCC1CCCCC1)[C@H](NC(=O)[C@@H]1CN(C(=O)c2cnn(Cc3ccccc3)c2)CC12CN(C(=O)[C@H]1CC1(C)C)C2)C(=O)N1CC(CN)C1. The van der Waals surface area contributed by atoms with Crippen molar-refractivity contribution in [3.63, 3.8) is 0 Å². The van der Waals surface area contributed by atoms with E-state index in [1.54, 1.807) is 26.9 Å². The number of nitrogens with one attached hydrogen (secondary N) is 1. The van der Waals surface area contributed by atoms with Crippen molar-refractivity contribution in [2.75, 3.05) is 52.4 Å². The van der Waals surface area contributed by atoms with Crippen LogP contribution in [0.4, 0.5) is 0 Å². The molecule has 1 aromatic heterocycles. The van der Waals surface area contributed by atoms with Crippen molar-refractivity contribution in [1.82, 2.24) is 29.8 Å². The first-order chi connectivity index (χ1) is 24.5. The molecule has 276 valence electrons. The summed E-state index contributed by atoms with van der Waals surface area (Å²) in [7, 11) is 0. The van der Waals surface area contributed by atoms with E-state index in [1.807, 2.05) is 42.2 Å². The summed E-state index contributed by atoms with van der Waals surface area (Å²) in [4.78, 5) is 61.1. The Morgan fingerprint density at radius 3 is 2.29 bits per heavy atom. The van der Waals surface area contributed by atoms with Crippen LogP contribution >= 0.6 is 0 Å². The maximum atomic E-state index is 14.5. The van der Waals surface area contributed by atoms with Crippen LogP contribution in [-0.2, 0) is 25.7 Å². The molecule has 4 heterocycles. The normalized spacial score (nSPS) is 25.2. The Morgan fingerprint density at radius 2 is 1.63 bits per heavy atom. The zero-order valence-electron chi connectivity index (χ0n) is 30.5. The van der Waals surface area contributed by atoms with E-state index in [9.17, 15) is 19.2 Å². The van der Waals surface area contributed by atoms with Crippen LogP contribution in [0.5, 0.6) is 0 Å². The van der Waals surface area contributed by atoms with Crippen molar-refractivity contribution < 1.29 is 23.9 Å². The highest BCUT2D eigenvalue weighted by atomic mass is 16.5. The molecule has 5 aliphatic rings. The first-order valence-electron chi connectivity index (χ1n) is 19.0. The molecule has 12 heteroatoms. The number of carbonyl (C=O) groups is 4. The molecule has 7 rings (SSSR count). The molecular formula is C39H55N7O5. The minimum absolute atomic E-state index is 0.00465. The van der Waals surface area contributed by atoms with Gasteiger partial charge in [-0.1, -0.05) is 63.4 Å². The molecular weight excluding hydrogens is 646 g/mol. The molecule has 2 aromatic rings. The van der Waals surface area contributed by atoms with Gasteiger partial charge in [0.25, 0.3) is 5.91 Å². The van der Waals surface area contributed by atoms with Gasteiger partial charge in [-0.3, -0.25) is 23.9 Å². The van der Waals surface area contributed by atoms with Gasteiger partial charge in [-0.05, 0) is 49.6 Å². The van der Waals surface area contributed by atoms with Gasteiger partial charge in [-0.2, -0.15) is 5.10 Å². The van der Waals surface area contributed by atoms with Crippen LogP contribution in [0.15, 0.2) is 42.7 Å². The van der Waals surface area contributed by atoms with Crippen molar-refractivity contribution in [2.24, 2.45) is 40.2 Å². The van der Waals surface area contributed by atoms with Crippen LogP contribution in [0.1, 0.15) is 75.2 Å². The molecule has 2 saturated carbocycles. The molecule has 0 bridgehead atoms. The quantitative estimate of drug-likeness (QED) is 0.347. The molecule has 5 fully saturated rings. The summed E-state index contributed by atoms with van der Waals surface area (Å²) >= 11 is 0. The molecule has 1 spiro atoms. The fourth-order valence-electron chi connectivity index (χ4n) is 8.76. The smallest absolute Gasteiger partial charge is 0.257 e. The number of ether oxygens (including phenoxy) is 1. The van der Waals surface area contributed by atoms with Gasteiger partial charge < -0.3 is 30.5 Å². The van der Waals surface area contributed by atoms with E-state index in [4.69, 9.17) is 10.5 Å². The molecule has 12 nitrogen and oxygen atoms in total. The molecule has 2 aliphatic carbocycles. The van der Waals surface area contributed by atoms with E-state index in [1.165, 1.54) is 19.3 Å². The maximum absolute atomic E-state index is 14.5. The highest BCUT2D eigenvalue weighted by molar-refractivity contribution is 5.96. The summed E-state index contributed by atoms with van der Waals surface area (Å²) in [6, 6.07) is 9.08. The molecule has 1 aromatic carbocycles. The highest BCUT2D eigenvalue weighted by Crippen LogP contribution is 2.54. The van der Waals surface area contributed by atoms with E-state index < -0.39 is 23.5 Å². The number of hydrogen-bond donors (Lipinski definition) is 2. The fourth-order valence-corrected chi connectivity index (χ4v) is 8.76. The zero-order chi connectivity index (χ0) is 35.9. The number of nitrogens with two attached hydrogens (primary N) is 1. The third-order valence-electron chi connectivity index (χ3n) is 12.4. The Bertz CT molecular complexity index is 1590. The van der Waals surface area contributed by atoms with Crippen molar-refractivity contribution >= 4 is 23.6 Å². The van der Waals surface area contributed by atoms with Crippen molar-refractivity contribution in [2.45, 2.75) is 78.0 Å². The second-order valence-corrected chi connectivity index (χ2v) is 16.8. The van der Waals surface area contributed by atoms with Gasteiger partial charge in [-0.25, -0.2) is 0 Å². The largest absolute Gasteiger partial charge is 0.376 e. The minimum Gasteiger partial charge on any atom is -0.376 e. The maximum Gasteiger partial charge on any atom is 0.257 e. The lowest BCUT2D eigenvalue weighted by Gasteiger charge is -2.51. The summed E-state index contributed by atoms with van der Waals surface area (Å²) in [6.45, 7) is 10.2. The number of benzene rings is 1. The van der Waals surface area contributed by atoms with Crippen molar-refractivity contribution in [1.29, 1.82) is 0 Å². The number of aromatic nitrogens is 2. The molecule has 51 heavy (non-hydrogen) atoms. The number of amides is 4. The van der Waals surface area contributed by atoms with Gasteiger partial charge in [0, 0.05) is 69.3 Å². The number of likely N-dealkylation sites (tertiary alicyclic amines) is 3. The number of nitrogens with zero attached hydrogens (tertiary/aromatic N) is 5. The Kier molecular flexibility index (Phi) is 10.0. The van der Waals surface area contributed by atoms with E-state index in [0.717, 1.165) is 24.8 Å². The van der Waals surface area contributed by atoms with Gasteiger partial charge in [0.2, 0.25) is 17.7 Å². The zero-order valence-corrected chi connectivity index (χ0v) is 30.5. The van der Waals surface area contributed by atoms with Crippen LogP contribution in [0.25, 0.3) is 0 Å². The molecule has 3 aliphatic heterocycles. The first-order valence-corrected chi connectivity index (χ1v) is 19.0. The van der Waals surface area contributed by atoms with Crippen LogP contribution in [-0.4, -0.2) is 113 Å². The van der Waals surface area contributed by atoms with Crippen LogP contribution < -0.4 is 11.1 Å². The lowest BCUT2D eigenvalue weighted by Crippen LogP contribution is -2.66. The van der Waals surface area contributed by atoms with E-state index in [-0.39, 0.29) is 47.4 Å². The Hall–Kier alpha value is -3.77. The lowest BCUT2D eigenvalue weighted by molar-refractivity contribution is -0.153. The third kappa shape index (κ3) is 7.44. The summed E-state index contributed by atoms with van der Waals surface area (Å²) in [5.74, 6) is -0.371. The predicted molar refractivity (Wildman–Crippen MR) is 191 cm³/mol. The average molecular weight is 702 g/mol. The van der Waals surface area contributed by atoms with Crippen molar-refractivity contribution in [3.8, 4) is 0 Å². The second-order valence-electron chi connectivity index (χ2n) is 16.8. The van der Waals surface area contributed by atoms with Gasteiger partial charge >= 0.3 is 0 Å². The van der Waals surface area contributed by atoms with Gasteiger partial charge in [0.1, 0.15) is 6.04 Å². The molecule has 3 N–H and O–H groups in total. The van der Waals surface area contributed by atoms with Gasteiger partial charge in [-0.15, -0.1) is 0 Å². The Morgan fingerprint density at radius 1 is 0.941 bits per heavy atom. The molecule has 3 saturated heterocycles. The average Bonchev–Trinajstić information content (AvgIpc) is 3.40. The standard InChI is InChI=1S/C39H55N7O5/c1-26(51-22-28-12-8-5-9-13-28)33(37(50)43-17-29(15-40)18-43)42-34(47)32-21-44(23-39(32)24-45(25-39)36(49)31-14-38(31,2)3)35(48)30-16-41-46(20-30)19-27-10-6-4-7-11-27/h4,6-7,10-11,16,20,26,28-29,31-33H,5,8-9,12-15,17-19,21-25,40H2,1-3H3,(H,42,47)/t26-,31-,32+,33+/m1/s1. The number of rotatable bonds is 12. The topological polar surface area (TPSA) is 143 Å². The predicted octanol–water partition coefficient (Wildman–Crippen LogP) is 2.77. The van der Waals surface area contributed by atoms with Gasteiger partial charge in [0.05, 0.1) is 30.3 Å². The minimum atomic E-state index is -0.858. The second kappa shape index (κ2) is 14.3. The molecule has 0 radical (unpaired) electrons.